The van der Waals surface area contributed by atoms with Crippen LogP contribution in [0.25, 0.3) is 6.08 Å². The van der Waals surface area contributed by atoms with E-state index in [1.54, 1.807) is 0 Å². The van der Waals surface area contributed by atoms with Crippen LogP contribution in [0, 0.1) is 0 Å². The highest BCUT2D eigenvalue weighted by molar-refractivity contribution is 6.13. The van der Waals surface area contributed by atoms with Crippen molar-refractivity contribution in [2.75, 3.05) is 33.3 Å². The van der Waals surface area contributed by atoms with Gasteiger partial charge < -0.3 is 9.64 Å². The quantitative estimate of drug-likeness (QED) is 0.177. The molecule has 5 rings (SSSR count). The number of unbranched alkanes of at least 4 members (excludes halogenated alkanes) is 2. The molecule has 4 heteroatoms. The Bertz CT molecular complexity index is 1260. The molecule has 0 radical (unpaired) electrons. The number of ketones is 1. The van der Waals surface area contributed by atoms with Crippen molar-refractivity contribution in [3.63, 3.8) is 0 Å². The number of Topliss-reactive ketones (excluding diaryl/α,β-unsaturated/α-hetero) is 1. The number of rotatable bonds is 12. The van der Waals surface area contributed by atoms with Crippen molar-refractivity contribution >= 4 is 11.9 Å². The molecule has 0 amide bonds. The summed E-state index contributed by atoms with van der Waals surface area (Å²) >= 11 is 0. The van der Waals surface area contributed by atoms with E-state index in [9.17, 15) is 4.79 Å². The second kappa shape index (κ2) is 14.4. The van der Waals surface area contributed by atoms with Gasteiger partial charge in [0.1, 0.15) is 5.75 Å². The summed E-state index contributed by atoms with van der Waals surface area (Å²) in [6.45, 7) is 6.35. The van der Waals surface area contributed by atoms with Gasteiger partial charge in [0.15, 0.2) is 5.78 Å². The van der Waals surface area contributed by atoms with Crippen LogP contribution >= 0.6 is 0 Å². The van der Waals surface area contributed by atoms with Crippen LogP contribution in [-0.2, 0) is 19.5 Å². The number of fused-ring (bicyclic) bond motifs is 1. The first-order valence-electron chi connectivity index (χ1n) is 15.2. The lowest BCUT2D eigenvalue weighted by Gasteiger charge is -2.26. The van der Waals surface area contributed by atoms with Crippen molar-refractivity contribution in [3.05, 3.63) is 106 Å². The van der Waals surface area contributed by atoms with E-state index in [-0.39, 0.29) is 5.78 Å². The molecule has 0 spiro atoms. The second-order valence-corrected chi connectivity index (χ2v) is 11.5. The molecule has 3 aromatic rings. The molecule has 0 saturated carbocycles. The Morgan fingerprint density at radius 3 is 2.35 bits per heavy atom. The summed E-state index contributed by atoms with van der Waals surface area (Å²) in [7, 11) is 2.15. The fourth-order valence-corrected chi connectivity index (χ4v) is 5.95. The number of carbonyl (C=O) groups is 1. The molecule has 0 bridgehead atoms. The zero-order chi connectivity index (χ0) is 27.6. The molecule has 2 aliphatic rings. The number of hydrogen-bond donors (Lipinski definition) is 0. The molecule has 1 heterocycles. The summed E-state index contributed by atoms with van der Waals surface area (Å²) in [5.74, 6) is 1.04. The molecule has 0 atom stereocenters. The summed E-state index contributed by atoms with van der Waals surface area (Å²) in [4.78, 5) is 18.2. The maximum atomic E-state index is 13.3. The van der Waals surface area contributed by atoms with Gasteiger partial charge in [0, 0.05) is 24.2 Å². The van der Waals surface area contributed by atoms with Gasteiger partial charge in [-0.05, 0) is 118 Å². The number of carbonyl (C=O) groups excluding carboxylic acids is 1. The van der Waals surface area contributed by atoms with Crippen molar-refractivity contribution in [1.82, 2.24) is 9.80 Å². The van der Waals surface area contributed by atoms with Crippen LogP contribution in [0.2, 0.25) is 0 Å². The molecule has 0 aromatic heterocycles. The predicted octanol–water partition coefficient (Wildman–Crippen LogP) is 7.57. The average molecular weight is 537 g/mol. The number of aryl methyl sites for hydroxylation is 1. The topological polar surface area (TPSA) is 32.8 Å². The number of nitrogens with zero attached hydrogens (tertiary/aromatic N) is 2. The number of ether oxygens (including phenoxy) is 1. The number of piperidine rings is 1. The highest BCUT2D eigenvalue weighted by Gasteiger charge is 2.22. The van der Waals surface area contributed by atoms with Crippen molar-refractivity contribution < 1.29 is 9.53 Å². The van der Waals surface area contributed by atoms with Gasteiger partial charge in [-0.15, -0.1) is 0 Å². The number of hydrogen-bond acceptors (Lipinski definition) is 4. The van der Waals surface area contributed by atoms with Crippen molar-refractivity contribution in [1.29, 1.82) is 0 Å². The van der Waals surface area contributed by atoms with E-state index in [4.69, 9.17) is 4.74 Å². The van der Waals surface area contributed by atoms with Gasteiger partial charge in [0.25, 0.3) is 0 Å². The van der Waals surface area contributed by atoms with E-state index in [0.29, 0.717) is 0 Å². The molecular formula is C36H44N2O2. The first-order chi connectivity index (χ1) is 19.6. The minimum absolute atomic E-state index is 0.150. The van der Waals surface area contributed by atoms with E-state index >= 15 is 0 Å². The number of allylic oxidation sites excluding steroid dienone is 1. The average Bonchev–Trinajstić information content (AvgIpc) is 2.98. The fraction of sp³-hybridized carbons (Fsp3) is 0.417. The SMILES string of the molecule is CN(Cc1ccccc1)Cc1ccc(C=C2CCc3cc(OCCCCCN4CCCCC4)ccc3C2=O)cc1. The molecule has 1 fully saturated rings. The Balaban J connectivity index is 1.08. The van der Waals surface area contributed by atoms with Crippen LogP contribution in [0.4, 0.5) is 0 Å². The number of likely N-dealkylation sites (tertiary alicyclic amines) is 1. The molecule has 1 saturated heterocycles. The Morgan fingerprint density at radius 1 is 0.825 bits per heavy atom. The Hall–Kier alpha value is -3.21. The third kappa shape index (κ3) is 8.16. The summed E-state index contributed by atoms with van der Waals surface area (Å²) in [6, 6.07) is 25.2. The molecular weight excluding hydrogens is 492 g/mol. The Morgan fingerprint density at radius 2 is 1.57 bits per heavy atom. The highest BCUT2D eigenvalue weighted by atomic mass is 16.5. The normalized spacial score (nSPS) is 16.9. The third-order valence-electron chi connectivity index (χ3n) is 8.18. The zero-order valence-electron chi connectivity index (χ0n) is 24.1. The van der Waals surface area contributed by atoms with Gasteiger partial charge in [0.2, 0.25) is 0 Å². The Kier molecular flexibility index (Phi) is 10.2. The van der Waals surface area contributed by atoms with Crippen molar-refractivity contribution in [2.24, 2.45) is 0 Å². The summed E-state index contributed by atoms with van der Waals surface area (Å²) in [5, 5.41) is 0. The van der Waals surface area contributed by atoms with Gasteiger partial charge >= 0.3 is 0 Å². The summed E-state index contributed by atoms with van der Waals surface area (Å²) in [5.41, 5.74) is 6.51. The Labute approximate surface area is 240 Å². The fourth-order valence-electron chi connectivity index (χ4n) is 5.95. The minimum Gasteiger partial charge on any atom is -0.494 e. The summed E-state index contributed by atoms with van der Waals surface area (Å²) < 4.78 is 6.05. The lowest BCUT2D eigenvalue weighted by atomic mass is 9.86. The number of benzene rings is 3. The van der Waals surface area contributed by atoms with E-state index in [1.807, 2.05) is 12.1 Å². The minimum atomic E-state index is 0.150. The molecule has 1 aliphatic carbocycles. The van der Waals surface area contributed by atoms with Gasteiger partial charge in [-0.25, -0.2) is 0 Å². The van der Waals surface area contributed by atoms with E-state index in [2.05, 4.69) is 83.6 Å². The second-order valence-electron chi connectivity index (χ2n) is 11.5. The van der Waals surface area contributed by atoms with Gasteiger partial charge in [0.05, 0.1) is 6.61 Å². The monoisotopic (exact) mass is 536 g/mol. The smallest absolute Gasteiger partial charge is 0.189 e. The van der Waals surface area contributed by atoms with Crippen LogP contribution < -0.4 is 4.74 Å². The molecule has 4 nitrogen and oxygen atoms in total. The lowest BCUT2D eigenvalue weighted by Crippen LogP contribution is -2.30. The van der Waals surface area contributed by atoms with Gasteiger partial charge in [-0.3, -0.25) is 9.69 Å². The highest BCUT2D eigenvalue weighted by Crippen LogP contribution is 2.30. The van der Waals surface area contributed by atoms with Crippen LogP contribution in [0.15, 0.2) is 78.4 Å². The molecule has 210 valence electrons. The van der Waals surface area contributed by atoms with Gasteiger partial charge in [-0.2, -0.15) is 0 Å². The van der Waals surface area contributed by atoms with E-state index < -0.39 is 0 Å². The molecule has 0 unspecified atom stereocenters. The van der Waals surface area contributed by atoms with E-state index in [0.717, 1.165) is 67.0 Å². The standard InChI is InChI=1S/C36H44N2O2/c1-37(27-30-11-5-2-6-12-30)28-31-15-13-29(14-16-31)25-33-18-17-32-26-34(19-20-35(32)36(33)39)40-24-10-4-9-23-38-21-7-3-8-22-38/h2,5-6,11-16,19-20,25-26H,3-4,7-10,17-18,21-24,27-28H2,1H3. The molecule has 40 heavy (non-hydrogen) atoms. The first-order valence-corrected chi connectivity index (χ1v) is 15.2. The van der Waals surface area contributed by atoms with Crippen molar-refractivity contribution in [3.8, 4) is 5.75 Å². The maximum absolute atomic E-state index is 13.3. The van der Waals surface area contributed by atoms with E-state index in [1.165, 1.54) is 62.9 Å². The predicted molar refractivity (Wildman–Crippen MR) is 165 cm³/mol. The van der Waals surface area contributed by atoms with Gasteiger partial charge in [-0.1, -0.05) is 61.0 Å². The summed E-state index contributed by atoms with van der Waals surface area (Å²) in [6.07, 6.45) is 11.4. The maximum Gasteiger partial charge on any atom is 0.189 e. The lowest BCUT2D eigenvalue weighted by molar-refractivity contribution is 0.102. The third-order valence-corrected chi connectivity index (χ3v) is 8.18. The molecule has 0 N–H and O–H groups in total. The largest absolute Gasteiger partial charge is 0.494 e. The van der Waals surface area contributed by atoms with Crippen molar-refractivity contribution in [2.45, 2.75) is 64.5 Å². The molecule has 1 aliphatic heterocycles. The van der Waals surface area contributed by atoms with Crippen LogP contribution in [0.3, 0.4) is 0 Å². The molecule has 3 aromatic carbocycles. The zero-order valence-corrected chi connectivity index (χ0v) is 24.1. The van der Waals surface area contributed by atoms with Crippen LogP contribution in [0.5, 0.6) is 5.75 Å². The first kappa shape index (κ1) is 28.3. The van der Waals surface area contributed by atoms with Crippen LogP contribution in [0.1, 0.15) is 77.6 Å². The van der Waals surface area contributed by atoms with Crippen LogP contribution in [-0.4, -0.2) is 48.9 Å².